The molecule has 120 valence electrons. The summed E-state index contributed by atoms with van der Waals surface area (Å²) in [7, 11) is 0. The van der Waals surface area contributed by atoms with E-state index < -0.39 is 0 Å². The molecule has 1 N–H and O–H groups in total. The van der Waals surface area contributed by atoms with Gasteiger partial charge in [0.15, 0.2) is 0 Å². The van der Waals surface area contributed by atoms with Crippen molar-refractivity contribution in [3.63, 3.8) is 0 Å². The van der Waals surface area contributed by atoms with Crippen molar-refractivity contribution in [2.24, 2.45) is 5.92 Å². The first-order chi connectivity index (χ1) is 9.90. The Kier molecular flexibility index (Phi) is 7.24. The third-order valence-corrected chi connectivity index (χ3v) is 4.41. The summed E-state index contributed by atoms with van der Waals surface area (Å²) in [5.74, 6) is 1.55. The standard InChI is InChI=1S/C19H33NO/c1-7-13-20-18(15(3)4)14-21-17-11-9-16(10-12-17)19(5,6)8-2/h9-12,15,18,20H,7-8,13-14H2,1-6H3. The fourth-order valence-corrected chi connectivity index (χ4v) is 2.21. The van der Waals surface area contributed by atoms with Crippen LogP contribution in [0, 0.1) is 5.92 Å². The maximum atomic E-state index is 5.97. The molecule has 0 aromatic heterocycles. The highest BCUT2D eigenvalue weighted by atomic mass is 16.5. The lowest BCUT2D eigenvalue weighted by Crippen LogP contribution is -2.39. The normalized spacial score (nSPS) is 13.5. The zero-order valence-corrected chi connectivity index (χ0v) is 14.7. The highest BCUT2D eigenvalue weighted by molar-refractivity contribution is 5.31. The molecule has 2 nitrogen and oxygen atoms in total. The molecule has 1 rings (SSSR count). The summed E-state index contributed by atoms with van der Waals surface area (Å²) < 4.78 is 5.97. The van der Waals surface area contributed by atoms with E-state index >= 15 is 0 Å². The predicted molar refractivity (Wildman–Crippen MR) is 92.2 cm³/mol. The molecule has 1 atom stereocenters. The van der Waals surface area contributed by atoms with Crippen molar-refractivity contribution in [1.29, 1.82) is 0 Å². The first-order valence-corrected chi connectivity index (χ1v) is 8.37. The first-order valence-electron chi connectivity index (χ1n) is 8.37. The van der Waals surface area contributed by atoms with Gasteiger partial charge >= 0.3 is 0 Å². The van der Waals surface area contributed by atoms with E-state index in [1.807, 2.05) is 0 Å². The minimum Gasteiger partial charge on any atom is -0.492 e. The molecule has 0 aliphatic carbocycles. The summed E-state index contributed by atoms with van der Waals surface area (Å²) in [4.78, 5) is 0. The number of hydrogen-bond acceptors (Lipinski definition) is 2. The summed E-state index contributed by atoms with van der Waals surface area (Å²) in [5, 5.41) is 3.56. The molecule has 0 heterocycles. The predicted octanol–water partition coefficient (Wildman–Crippen LogP) is 4.78. The Bertz CT molecular complexity index is 395. The van der Waals surface area contributed by atoms with E-state index in [1.165, 1.54) is 5.56 Å². The smallest absolute Gasteiger partial charge is 0.119 e. The van der Waals surface area contributed by atoms with Crippen LogP contribution in [0.2, 0.25) is 0 Å². The summed E-state index contributed by atoms with van der Waals surface area (Å²) in [6.07, 6.45) is 2.30. The number of hydrogen-bond donors (Lipinski definition) is 1. The zero-order chi connectivity index (χ0) is 15.9. The lowest BCUT2D eigenvalue weighted by molar-refractivity contribution is 0.230. The average Bonchev–Trinajstić information content (AvgIpc) is 2.47. The van der Waals surface area contributed by atoms with Crippen LogP contribution in [-0.4, -0.2) is 19.2 Å². The van der Waals surface area contributed by atoms with Crippen molar-refractivity contribution in [3.8, 4) is 5.75 Å². The fraction of sp³-hybridized carbons (Fsp3) is 0.684. The lowest BCUT2D eigenvalue weighted by atomic mass is 9.82. The quantitative estimate of drug-likeness (QED) is 0.707. The van der Waals surface area contributed by atoms with Crippen molar-refractivity contribution >= 4 is 0 Å². The van der Waals surface area contributed by atoms with Gasteiger partial charge in [0.1, 0.15) is 12.4 Å². The zero-order valence-electron chi connectivity index (χ0n) is 14.7. The van der Waals surface area contributed by atoms with Gasteiger partial charge in [0.05, 0.1) is 0 Å². The topological polar surface area (TPSA) is 21.3 Å². The van der Waals surface area contributed by atoms with Gasteiger partial charge in [-0.15, -0.1) is 0 Å². The Balaban J connectivity index is 2.59. The summed E-state index contributed by atoms with van der Waals surface area (Å²) in [6.45, 7) is 15.3. The summed E-state index contributed by atoms with van der Waals surface area (Å²) >= 11 is 0. The summed E-state index contributed by atoms with van der Waals surface area (Å²) in [6, 6.07) is 9.01. The number of benzene rings is 1. The van der Waals surface area contributed by atoms with Crippen LogP contribution in [0.3, 0.4) is 0 Å². The van der Waals surface area contributed by atoms with Gasteiger partial charge in [-0.25, -0.2) is 0 Å². The van der Waals surface area contributed by atoms with E-state index in [2.05, 4.69) is 71.1 Å². The van der Waals surface area contributed by atoms with Gasteiger partial charge in [0, 0.05) is 6.04 Å². The molecular formula is C19H33NO. The second-order valence-electron chi connectivity index (χ2n) is 6.88. The first kappa shape index (κ1) is 18.0. The molecule has 0 spiro atoms. The van der Waals surface area contributed by atoms with Crippen LogP contribution in [0.4, 0.5) is 0 Å². The van der Waals surface area contributed by atoms with Gasteiger partial charge in [0.2, 0.25) is 0 Å². The van der Waals surface area contributed by atoms with Crippen LogP contribution in [0.25, 0.3) is 0 Å². The van der Waals surface area contributed by atoms with Gasteiger partial charge in [0.25, 0.3) is 0 Å². The van der Waals surface area contributed by atoms with Crippen molar-refractivity contribution in [2.75, 3.05) is 13.2 Å². The second kappa shape index (κ2) is 8.43. The molecule has 0 saturated heterocycles. The van der Waals surface area contributed by atoms with E-state index in [4.69, 9.17) is 4.74 Å². The van der Waals surface area contributed by atoms with Crippen LogP contribution in [0.15, 0.2) is 24.3 Å². The molecule has 1 aromatic carbocycles. The van der Waals surface area contributed by atoms with Gasteiger partial charge in [-0.1, -0.05) is 53.7 Å². The highest BCUT2D eigenvalue weighted by Crippen LogP contribution is 2.28. The van der Waals surface area contributed by atoms with Crippen molar-refractivity contribution in [3.05, 3.63) is 29.8 Å². The Hall–Kier alpha value is -1.02. The highest BCUT2D eigenvalue weighted by Gasteiger charge is 2.18. The molecule has 0 bridgehead atoms. The van der Waals surface area contributed by atoms with Crippen LogP contribution >= 0.6 is 0 Å². The molecule has 0 radical (unpaired) electrons. The van der Waals surface area contributed by atoms with Crippen LogP contribution in [-0.2, 0) is 5.41 Å². The molecule has 1 unspecified atom stereocenters. The molecule has 0 aliphatic rings. The van der Waals surface area contributed by atoms with E-state index in [-0.39, 0.29) is 5.41 Å². The van der Waals surface area contributed by atoms with Gasteiger partial charge in [-0.05, 0) is 48.4 Å². The number of ether oxygens (including phenoxy) is 1. The maximum absolute atomic E-state index is 5.97. The Morgan fingerprint density at radius 1 is 1.10 bits per heavy atom. The SMILES string of the molecule is CCCNC(COc1ccc(C(C)(C)CC)cc1)C(C)C. The Labute approximate surface area is 131 Å². The van der Waals surface area contributed by atoms with E-state index in [9.17, 15) is 0 Å². The Morgan fingerprint density at radius 3 is 2.19 bits per heavy atom. The molecule has 1 aromatic rings. The van der Waals surface area contributed by atoms with Gasteiger partial charge in [-0.3, -0.25) is 0 Å². The Morgan fingerprint density at radius 2 is 1.71 bits per heavy atom. The minimum absolute atomic E-state index is 0.238. The fourth-order valence-electron chi connectivity index (χ4n) is 2.21. The number of nitrogens with one attached hydrogen (secondary N) is 1. The third kappa shape index (κ3) is 5.70. The monoisotopic (exact) mass is 291 g/mol. The maximum Gasteiger partial charge on any atom is 0.119 e. The molecule has 2 heteroatoms. The van der Waals surface area contributed by atoms with Crippen LogP contribution in [0.1, 0.15) is 59.9 Å². The average molecular weight is 291 g/mol. The van der Waals surface area contributed by atoms with Gasteiger partial charge < -0.3 is 10.1 Å². The minimum atomic E-state index is 0.238. The second-order valence-corrected chi connectivity index (χ2v) is 6.88. The van der Waals surface area contributed by atoms with E-state index in [0.717, 1.165) is 31.7 Å². The van der Waals surface area contributed by atoms with E-state index in [0.29, 0.717) is 12.0 Å². The van der Waals surface area contributed by atoms with Crippen LogP contribution in [0.5, 0.6) is 5.75 Å². The van der Waals surface area contributed by atoms with Gasteiger partial charge in [-0.2, -0.15) is 0 Å². The molecular weight excluding hydrogens is 258 g/mol. The molecule has 0 saturated carbocycles. The molecule has 0 aliphatic heterocycles. The van der Waals surface area contributed by atoms with Crippen molar-refractivity contribution in [1.82, 2.24) is 5.32 Å². The molecule has 21 heavy (non-hydrogen) atoms. The molecule has 0 fully saturated rings. The van der Waals surface area contributed by atoms with E-state index in [1.54, 1.807) is 0 Å². The molecule has 0 amide bonds. The summed E-state index contributed by atoms with van der Waals surface area (Å²) in [5.41, 5.74) is 1.61. The van der Waals surface area contributed by atoms with Crippen molar-refractivity contribution in [2.45, 2.75) is 65.8 Å². The lowest BCUT2D eigenvalue weighted by Gasteiger charge is -2.24. The largest absolute Gasteiger partial charge is 0.492 e. The third-order valence-electron chi connectivity index (χ3n) is 4.41. The number of rotatable bonds is 9. The van der Waals surface area contributed by atoms with Crippen molar-refractivity contribution < 1.29 is 4.74 Å². The van der Waals surface area contributed by atoms with Crippen LogP contribution < -0.4 is 10.1 Å².